The topological polar surface area (TPSA) is 39.2 Å². The molecule has 4 aliphatic rings. The summed E-state index contributed by atoms with van der Waals surface area (Å²) in [7, 11) is 0. The molecule has 448 valence electrons. The van der Waals surface area contributed by atoms with Crippen molar-refractivity contribution in [3.63, 3.8) is 0 Å². The van der Waals surface area contributed by atoms with E-state index in [4.69, 9.17) is 8.83 Å². The summed E-state index contributed by atoms with van der Waals surface area (Å²) in [6.45, 7) is 28.1. The second-order valence-electron chi connectivity index (χ2n) is 28.4. The number of para-hydroxylation sites is 3. The van der Waals surface area contributed by atoms with Crippen molar-refractivity contribution in [3.8, 4) is 0 Å². The van der Waals surface area contributed by atoms with E-state index in [1.807, 2.05) is 0 Å². The van der Waals surface area contributed by atoms with E-state index in [0.717, 1.165) is 76.3 Å². The Balaban J connectivity index is 0.733. The van der Waals surface area contributed by atoms with Crippen LogP contribution in [0.5, 0.6) is 0 Å². The van der Waals surface area contributed by atoms with Crippen molar-refractivity contribution in [2.45, 2.75) is 138 Å². The highest BCUT2D eigenvalue weighted by Gasteiger charge is 2.49. The summed E-state index contributed by atoms with van der Waals surface area (Å²) in [5.74, 6) is 1.17. The average Bonchev–Trinajstić information content (AvgIpc) is 1.27. The van der Waals surface area contributed by atoms with Crippen LogP contribution in [-0.2, 0) is 5.41 Å². The summed E-state index contributed by atoms with van der Waals surface area (Å²) in [5, 5.41) is 2.32. The van der Waals surface area contributed by atoms with Gasteiger partial charge in [-0.25, -0.2) is 0 Å². The molecule has 0 amide bonds. The molecule has 0 aliphatic carbocycles. The zero-order valence-electron chi connectivity index (χ0n) is 54.5. The standard InChI is InChI=1S/C82H82B2N4O2/c1-13-58(39-33-54(7)85-68-28-21-29-69-75(68)83(65-26-18-19-27-67(65)86(69)60-23-15-14-16-24-60)80-78(85)64-50-59(81(8,9)10)40-46-74(64)90-80)82(11,12)48-47-53(6)56-36-43-61(44-37-56)87-70-30-22-31-71-76(70)84(66-45-38-57(52(4)5)49-72(66)87)79-77(63-25-17-20-32-73(63)89-79)88(71)62-41-34-55(35-42-62)51(2)3/h14-32,34-46,49-54H,13,33,47-48H2,1-12H3/b58-39+. The summed E-state index contributed by atoms with van der Waals surface area (Å²) >= 11 is 0. The Labute approximate surface area is 534 Å². The van der Waals surface area contributed by atoms with Gasteiger partial charge in [-0.15, -0.1) is 0 Å². The molecule has 2 aromatic heterocycles. The lowest BCUT2D eigenvalue weighted by atomic mass is 9.35. The van der Waals surface area contributed by atoms with Gasteiger partial charge < -0.3 is 28.4 Å². The molecule has 6 heterocycles. The maximum atomic E-state index is 7.23. The number of allylic oxidation sites excluding steroid dienone is 1. The monoisotopic (exact) mass is 1180 g/mol. The number of rotatable bonds is 14. The molecule has 6 nitrogen and oxygen atoms in total. The lowest BCUT2D eigenvalue weighted by Crippen LogP contribution is -2.62. The van der Waals surface area contributed by atoms with Crippen LogP contribution in [0.25, 0.3) is 21.9 Å². The maximum Gasteiger partial charge on any atom is 0.297 e. The second kappa shape index (κ2) is 22.0. The molecule has 2 atom stereocenters. The summed E-state index contributed by atoms with van der Waals surface area (Å²) in [5.41, 5.74) is 28.9. The molecule has 0 spiro atoms. The van der Waals surface area contributed by atoms with E-state index < -0.39 is 0 Å². The molecular weight excluding hydrogens is 1090 g/mol. The van der Waals surface area contributed by atoms with Gasteiger partial charge in [0.05, 0.1) is 22.7 Å². The number of furan rings is 2. The third-order valence-electron chi connectivity index (χ3n) is 20.7. The van der Waals surface area contributed by atoms with Gasteiger partial charge in [-0.2, -0.15) is 0 Å². The number of hydrogen-bond acceptors (Lipinski definition) is 6. The van der Waals surface area contributed by atoms with Gasteiger partial charge >= 0.3 is 0 Å². The average molecular weight is 1180 g/mol. The predicted molar refractivity (Wildman–Crippen MR) is 385 cm³/mol. The smallest absolute Gasteiger partial charge is 0.297 e. The quantitative estimate of drug-likeness (QED) is 0.0798. The third-order valence-corrected chi connectivity index (χ3v) is 20.7. The molecule has 0 radical (unpaired) electrons. The number of benzene rings is 9. The van der Waals surface area contributed by atoms with Crippen LogP contribution in [0.1, 0.15) is 149 Å². The summed E-state index contributed by atoms with van der Waals surface area (Å²) in [4.78, 5) is 10.1. The van der Waals surface area contributed by atoms with Crippen molar-refractivity contribution in [1.29, 1.82) is 0 Å². The van der Waals surface area contributed by atoms with E-state index in [9.17, 15) is 0 Å². The highest BCUT2D eigenvalue weighted by molar-refractivity contribution is 7.00. The zero-order valence-corrected chi connectivity index (χ0v) is 54.5. The molecule has 0 N–H and O–H groups in total. The fourth-order valence-electron chi connectivity index (χ4n) is 15.7. The Morgan fingerprint density at radius 1 is 0.467 bits per heavy atom. The first-order valence-corrected chi connectivity index (χ1v) is 33.2. The lowest BCUT2D eigenvalue weighted by molar-refractivity contribution is 0.369. The Kier molecular flexibility index (Phi) is 14.0. The largest absolute Gasteiger partial charge is 0.468 e. The van der Waals surface area contributed by atoms with Gasteiger partial charge in [0.1, 0.15) is 11.2 Å². The van der Waals surface area contributed by atoms with Gasteiger partial charge in [0, 0.05) is 68.0 Å². The first-order valence-electron chi connectivity index (χ1n) is 33.2. The van der Waals surface area contributed by atoms with Crippen LogP contribution >= 0.6 is 0 Å². The number of nitrogens with zero attached hydrogens (tertiary/aromatic N) is 4. The number of fused-ring (bicyclic) bond motifs is 12. The lowest BCUT2D eigenvalue weighted by Gasteiger charge is -2.44. The molecule has 2 unspecified atom stereocenters. The molecule has 0 saturated heterocycles. The predicted octanol–water partition coefficient (Wildman–Crippen LogP) is 19.3. The molecule has 0 saturated carbocycles. The number of hydrogen-bond donors (Lipinski definition) is 0. The van der Waals surface area contributed by atoms with E-state index in [2.05, 4.69) is 309 Å². The van der Waals surface area contributed by atoms with Gasteiger partial charge in [-0.05, 0) is 202 Å². The van der Waals surface area contributed by atoms with Crippen LogP contribution in [-0.4, -0.2) is 19.5 Å². The molecule has 0 fully saturated rings. The third kappa shape index (κ3) is 9.28. The van der Waals surface area contributed by atoms with E-state index in [1.54, 1.807) is 0 Å². The van der Waals surface area contributed by atoms with Gasteiger partial charge in [0.25, 0.3) is 13.4 Å². The minimum Gasteiger partial charge on any atom is -0.468 e. The molecule has 11 aromatic rings. The fraction of sp³-hybridized carbons (Fsp3) is 0.268. The zero-order chi connectivity index (χ0) is 62.1. The van der Waals surface area contributed by atoms with E-state index in [1.165, 1.54) is 94.9 Å². The van der Waals surface area contributed by atoms with Gasteiger partial charge in [-0.3, -0.25) is 0 Å². The van der Waals surface area contributed by atoms with Crippen LogP contribution in [0.3, 0.4) is 0 Å². The Hall–Kier alpha value is -8.87. The minimum absolute atomic E-state index is 0.00475. The molecular formula is C82H82B2N4O2. The fourth-order valence-corrected chi connectivity index (χ4v) is 15.7. The molecule has 0 bridgehead atoms. The van der Waals surface area contributed by atoms with Crippen LogP contribution < -0.4 is 52.8 Å². The minimum atomic E-state index is -0.0798. The van der Waals surface area contributed by atoms with Crippen LogP contribution in [0.15, 0.2) is 221 Å². The molecule has 8 heteroatoms. The highest BCUT2D eigenvalue weighted by atomic mass is 16.3. The number of anilines is 11. The second-order valence-corrected chi connectivity index (χ2v) is 28.4. The summed E-state index contributed by atoms with van der Waals surface area (Å²) in [6.07, 6.45) is 6.66. The van der Waals surface area contributed by atoms with Crippen molar-refractivity contribution in [3.05, 3.63) is 234 Å². The Morgan fingerprint density at radius 3 is 1.68 bits per heavy atom. The highest BCUT2D eigenvalue weighted by Crippen LogP contribution is 2.50. The SMILES string of the molecule is CC/C(=C\CC(C)N1c2cccc3c2B(c2ccccc2N3c2ccccc2)c2oc3ccc(C(C)(C)C)cc3c21)C(C)(C)CCC(C)c1ccc(N2c3cc(C(C)C)ccc3B3c4oc5ccccc5c4N(c4ccc(C(C)C)cc4)c4cccc2c43)cc1. The van der Waals surface area contributed by atoms with E-state index >= 15 is 0 Å². The van der Waals surface area contributed by atoms with Crippen LogP contribution in [0, 0.1) is 5.41 Å². The summed E-state index contributed by atoms with van der Waals surface area (Å²) < 4.78 is 14.3. The van der Waals surface area contributed by atoms with Gasteiger partial charge in [0.2, 0.25) is 0 Å². The Bertz CT molecular complexity index is 4600. The Morgan fingerprint density at radius 2 is 1.00 bits per heavy atom. The first-order chi connectivity index (χ1) is 43.5. The van der Waals surface area contributed by atoms with Crippen molar-refractivity contribution in [2.75, 3.05) is 19.6 Å². The van der Waals surface area contributed by atoms with Crippen LogP contribution in [0.4, 0.5) is 62.6 Å². The summed E-state index contributed by atoms with van der Waals surface area (Å²) in [6, 6.07) is 75.2. The molecule has 9 aromatic carbocycles. The van der Waals surface area contributed by atoms with Crippen molar-refractivity contribution < 1.29 is 8.83 Å². The molecule has 15 rings (SSSR count). The first kappa shape index (κ1) is 57.6. The van der Waals surface area contributed by atoms with E-state index in [0.29, 0.717) is 17.8 Å². The van der Waals surface area contributed by atoms with E-state index in [-0.39, 0.29) is 30.3 Å². The maximum absolute atomic E-state index is 7.23. The van der Waals surface area contributed by atoms with Crippen molar-refractivity contribution >= 4 is 131 Å². The van der Waals surface area contributed by atoms with Crippen LogP contribution in [0.2, 0.25) is 0 Å². The normalized spacial score (nSPS) is 14.9. The molecule has 4 aliphatic heterocycles. The van der Waals surface area contributed by atoms with Gasteiger partial charge in [-0.1, -0.05) is 191 Å². The van der Waals surface area contributed by atoms with Crippen molar-refractivity contribution in [2.24, 2.45) is 5.41 Å². The molecule has 90 heavy (non-hydrogen) atoms. The van der Waals surface area contributed by atoms with Gasteiger partial charge in [0.15, 0.2) is 0 Å². The van der Waals surface area contributed by atoms with Crippen molar-refractivity contribution in [1.82, 2.24) is 0 Å².